The van der Waals surface area contributed by atoms with Crippen molar-refractivity contribution >= 4 is 17.7 Å². The maximum absolute atomic E-state index is 12.8. The molecule has 0 spiro atoms. The number of hydrogen-bond donors (Lipinski definition) is 1. The van der Waals surface area contributed by atoms with Crippen molar-refractivity contribution < 1.29 is 19.1 Å². The highest BCUT2D eigenvalue weighted by molar-refractivity contribution is 5.99. The molecule has 0 saturated carbocycles. The summed E-state index contributed by atoms with van der Waals surface area (Å²) in [6.07, 6.45) is 3.39. The molecule has 0 aromatic heterocycles. The minimum Gasteiger partial charge on any atom is -0.456 e. The van der Waals surface area contributed by atoms with Crippen molar-refractivity contribution in [1.29, 1.82) is 0 Å². The van der Waals surface area contributed by atoms with Gasteiger partial charge in [-0.15, -0.1) is 0 Å². The summed E-state index contributed by atoms with van der Waals surface area (Å²) in [6, 6.07) is 22.8. The van der Waals surface area contributed by atoms with E-state index in [-0.39, 0.29) is 24.7 Å². The summed E-state index contributed by atoms with van der Waals surface area (Å²) in [5.41, 5.74) is 4.36. The zero-order valence-electron chi connectivity index (χ0n) is 17.8. The Bertz CT molecular complexity index is 1110. The largest absolute Gasteiger partial charge is 0.456 e. The second-order valence-electron chi connectivity index (χ2n) is 7.95. The van der Waals surface area contributed by atoms with Crippen molar-refractivity contribution in [3.05, 3.63) is 107 Å². The van der Waals surface area contributed by atoms with Gasteiger partial charge in [0, 0.05) is 17.5 Å². The van der Waals surface area contributed by atoms with E-state index in [9.17, 15) is 14.4 Å². The third-order valence-electron chi connectivity index (χ3n) is 5.67. The lowest BCUT2D eigenvalue weighted by atomic mass is 10.0. The van der Waals surface area contributed by atoms with Crippen molar-refractivity contribution in [2.75, 3.05) is 6.61 Å². The molecule has 3 aromatic carbocycles. The maximum atomic E-state index is 12.8. The van der Waals surface area contributed by atoms with E-state index in [0.29, 0.717) is 11.1 Å². The maximum Gasteiger partial charge on any atom is 0.329 e. The summed E-state index contributed by atoms with van der Waals surface area (Å²) < 4.78 is 5.35. The number of Topliss-reactive ketones (excluding diaryl/α,β-unsaturated/α-hetero) is 1. The summed E-state index contributed by atoms with van der Waals surface area (Å²) in [5.74, 6) is -1.25. The molecule has 1 N–H and O–H groups in total. The molecule has 1 unspecified atom stereocenters. The van der Waals surface area contributed by atoms with Gasteiger partial charge in [-0.25, -0.2) is 4.79 Å². The van der Waals surface area contributed by atoms with E-state index in [2.05, 4.69) is 5.32 Å². The molecule has 0 bridgehead atoms. The predicted octanol–water partition coefficient (Wildman–Crippen LogP) is 3.94. The highest BCUT2D eigenvalue weighted by Crippen LogP contribution is 2.23. The number of ketones is 1. The van der Waals surface area contributed by atoms with Crippen LogP contribution in [0.5, 0.6) is 0 Å². The van der Waals surface area contributed by atoms with Gasteiger partial charge in [-0.3, -0.25) is 9.59 Å². The molecule has 5 heteroatoms. The van der Waals surface area contributed by atoms with Crippen molar-refractivity contribution in [2.45, 2.75) is 31.7 Å². The van der Waals surface area contributed by atoms with E-state index >= 15 is 0 Å². The summed E-state index contributed by atoms with van der Waals surface area (Å²) in [4.78, 5) is 38.1. The van der Waals surface area contributed by atoms with Gasteiger partial charge in [0.25, 0.3) is 5.91 Å². The second-order valence-corrected chi connectivity index (χ2v) is 7.95. The monoisotopic (exact) mass is 427 g/mol. The topological polar surface area (TPSA) is 72.5 Å². The Morgan fingerprint density at radius 2 is 1.50 bits per heavy atom. The highest BCUT2D eigenvalue weighted by atomic mass is 16.5. The molecule has 1 aliphatic carbocycles. The number of aryl methyl sites for hydroxylation is 2. The Morgan fingerprint density at radius 1 is 0.812 bits per heavy atom. The SMILES string of the molecule is O=C(COC(=O)C(Cc1ccccc1)NC(=O)c1ccccc1)c1ccc2c(c1)CCC2. The number of ether oxygens (including phenoxy) is 1. The van der Waals surface area contributed by atoms with Crippen molar-refractivity contribution in [2.24, 2.45) is 0 Å². The van der Waals surface area contributed by atoms with Crippen LogP contribution in [0, 0.1) is 0 Å². The Labute approximate surface area is 187 Å². The van der Waals surface area contributed by atoms with Gasteiger partial charge in [-0.1, -0.05) is 60.7 Å². The summed E-state index contributed by atoms with van der Waals surface area (Å²) in [7, 11) is 0. The molecular weight excluding hydrogens is 402 g/mol. The Kier molecular flexibility index (Phi) is 6.75. The van der Waals surface area contributed by atoms with Crippen LogP contribution in [0.25, 0.3) is 0 Å². The third-order valence-corrected chi connectivity index (χ3v) is 5.67. The van der Waals surface area contributed by atoms with Gasteiger partial charge in [0.15, 0.2) is 12.4 Å². The average Bonchev–Trinajstić information content (AvgIpc) is 3.31. The molecule has 4 rings (SSSR count). The molecule has 1 aliphatic rings. The van der Waals surface area contributed by atoms with Crippen LogP contribution in [-0.2, 0) is 28.8 Å². The molecule has 0 heterocycles. The van der Waals surface area contributed by atoms with Gasteiger partial charge in [-0.2, -0.15) is 0 Å². The molecule has 0 saturated heterocycles. The van der Waals surface area contributed by atoms with Gasteiger partial charge >= 0.3 is 5.97 Å². The zero-order chi connectivity index (χ0) is 22.3. The van der Waals surface area contributed by atoms with Crippen LogP contribution >= 0.6 is 0 Å². The van der Waals surface area contributed by atoms with Gasteiger partial charge in [0.05, 0.1) is 0 Å². The third kappa shape index (κ3) is 5.30. The molecule has 1 amide bonds. The minimum atomic E-state index is -0.905. The smallest absolute Gasteiger partial charge is 0.329 e. The molecular formula is C27H25NO4. The molecule has 5 nitrogen and oxygen atoms in total. The minimum absolute atomic E-state index is 0.249. The van der Waals surface area contributed by atoms with Crippen LogP contribution in [0.1, 0.15) is 43.8 Å². The number of benzene rings is 3. The van der Waals surface area contributed by atoms with E-state index in [1.807, 2.05) is 48.5 Å². The van der Waals surface area contributed by atoms with Crippen molar-refractivity contribution in [3.63, 3.8) is 0 Å². The lowest BCUT2D eigenvalue weighted by Crippen LogP contribution is -2.43. The van der Waals surface area contributed by atoms with Crippen molar-refractivity contribution in [3.8, 4) is 0 Å². The predicted molar refractivity (Wildman–Crippen MR) is 122 cm³/mol. The van der Waals surface area contributed by atoms with E-state index in [0.717, 1.165) is 24.8 Å². The van der Waals surface area contributed by atoms with Crippen LogP contribution in [0.3, 0.4) is 0 Å². The van der Waals surface area contributed by atoms with Gasteiger partial charge in [0.1, 0.15) is 6.04 Å². The first kappa shape index (κ1) is 21.5. The number of carbonyl (C=O) groups is 3. The number of hydrogen-bond acceptors (Lipinski definition) is 4. The fourth-order valence-corrected chi connectivity index (χ4v) is 3.94. The Balaban J connectivity index is 1.43. The number of carbonyl (C=O) groups excluding carboxylic acids is 3. The van der Waals surface area contributed by atoms with Crippen LogP contribution in [0.15, 0.2) is 78.9 Å². The molecule has 1 atom stereocenters. The van der Waals surface area contributed by atoms with E-state index < -0.39 is 12.0 Å². The van der Waals surface area contributed by atoms with Crippen LogP contribution in [0.2, 0.25) is 0 Å². The van der Waals surface area contributed by atoms with E-state index in [4.69, 9.17) is 4.74 Å². The molecule has 0 aliphatic heterocycles. The number of fused-ring (bicyclic) bond motifs is 1. The fraction of sp³-hybridized carbons (Fsp3) is 0.222. The normalized spacial score (nSPS) is 13.1. The zero-order valence-corrected chi connectivity index (χ0v) is 17.8. The summed E-state index contributed by atoms with van der Waals surface area (Å²) in [5, 5.41) is 2.75. The first-order valence-corrected chi connectivity index (χ1v) is 10.8. The highest BCUT2D eigenvalue weighted by Gasteiger charge is 2.24. The first-order chi connectivity index (χ1) is 15.6. The lowest BCUT2D eigenvalue weighted by Gasteiger charge is -2.18. The van der Waals surface area contributed by atoms with Crippen molar-refractivity contribution in [1.82, 2.24) is 5.32 Å². The number of esters is 1. The quantitative estimate of drug-likeness (QED) is 0.437. The molecule has 0 radical (unpaired) electrons. The Hall–Kier alpha value is -3.73. The van der Waals surface area contributed by atoms with Gasteiger partial charge in [-0.05, 0) is 54.2 Å². The molecule has 32 heavy (non-hydrogen) atoms. The standard InChI is InChI=1S/C27H25NO4/c29-25(23-15-14-20-12-7-13-22(20)17-23)18-32-27(31)24(16-19-8-3-1-4-9-19)28-26(30)21-10-5-2-6-11-21/h1-6,8-11,14-15,17,24H,7,12-13,16,18H2,(H,28,30). The van der Waals surface area contributed by atoms with Crippen LogP contribution < -0.4 is 5.32 Å². The molecule has 0 fully saturated rings. The molecule has 3 aromatic rings. The summed E-state index contributed by atoms with van der Waals surface area (Å²) >= 11 is 0. The van der Waals surface area contributed by atoms with Gasteiger partial charge in [0.2, 0.25) is 0 Å². The number of amides is 1. The fourth-order valence-electron chi connectivity index (χ4n) is 3.94. The molecule has 162 valence electrons. The second kappa shape index (κ2) is 10.1. The number of nitrogens with one attached hydrogen (secondary N) is 1. The van der Waals surface area contributed by atoms with Gasteiger partial charge < -0.3 is 10.1 Å². The van der Waals surface area contributed by atoms with Crippen LogP contribution in [0.4, 0.5) is 0 Å². The Morgan fingerprint density at radius 3 is 2.25 bits per heavy atom. The first-order valence-electron chi connectivity index (χ1n) is 10.8. The summed E-state index contributed by atoms with van der Waals surface area (Å²) in [6.45, 7) is -0.357. The lowest BCUT2D eigenvalue weighted by molar-refractivity contribution is -0.144. The average molecular weight is 428 g/mol. The van der Waals surface area contributed by atoms with E-state index in [1.54, 1.807) is 30.3 Å². The van der Waals surface area contributed by atoms with E-state index in [1.165, 1.54) is 11.1 Å². The van der Waals surface area contributed by atoms with Crippen LogP contribution in [-0.4, -0.2) is 30.3 Å². The number of rotatable bonds is 8.